The van der Waals surface area contributed by atoms with Crippen LogP contribution in [0.5, 0.6) is 5.75 Å². The summed E-state index contributed by atoms with van der Waals surface area (Å²) in [6, 6.07) is 12.0. The Labute approximate surface area is 118 Å². The molecular formula is C13H11BrN2O3. The van der Waals surface area contributed by atoms with E-state index in [1.165, 1.54) is 6.07 Å². The molecule has 0 saturated heterocycles. The van der Waals surface area contributed by atoms with Gasteiger partial charge in [-0.05, 0) is 45.8 Å². The van der Waals surface area contributed by atoms with Gasteiger partial charge in [0.05, 0.1) is 9.40 Å². The largest absolute Gasteiger partial charge is 0.488 e. The van der Waals surface area contributed by atoms with Crippen LogP contribution in [0.2, 0.25) is 0 Å². The zero-order valence-electron chi connectivity index (χ0n) is 9.88. The summed E-state index contributed by atoms with van der Waals surface area (Å²) >= 11 is 3.38. The number of nitrogens with zero attached hydrogens (tertiary/aromatic N) is 1. The number of anilines is 1. The average Bonchev–Trinajstić information content (AvgIpc) is 2.37. The molecule has 0 aromatic heterocycles. The minimum Gasteiger partial charge on any atom is -0.488 e. The Morgan fingerprint density at radius 3 is 2.63 bits per heavy atom. The summed E-state index contributed by atoms with van der Waals surface area (Å²) in [5.41, 5.74) is 6.44. The van der Waals surface area contributed by atoms with Gasteiger partial charge < -0.3 is 10.5 Å². The number of hydrogen-bond donors (Lipinski definition) is 1. The van der Waals surface area contributed by atoms with E-state index in [9.17, 15) is 10.1 Å². The molecule has 0 aliphatic heterocycles. The third kappa shape index (κ3) is 3.23. The Morgan fingerprint density at radius 2 is 2.00 bits per heavy atom. The van der Waals surface area contributed by atoms with Crippen LogP contribution in [-0.4, -0.2) is 4.92 Å². The minimum atomic E-state index is -0.506. The lowest BCUT2D eigenvalue weighted by Gasteiger charge is -2.08. The highest BCUT2D eigenvalue weighted by Gasteiger charge is 2.11. The quantitative estimate of drug-likeness (QED) is 0.530. The fourth-order valence-electron chi connectivity index (χ4n) is 1.58. The van der Waals surface area contributed by atoms with Crippen molar-refractivity contribution in [3.8, 4) is 5.75 Å². The molecule has 0 bridgehead atoms. The summed E-state index contributed by atoms with van der Waals surface area (Å²) in [7, 11) is 0. The van der Waals surface area contributed by atoms with Crippen molar-refractivity contribution in [2.24, 2.45) is 0 Å². The van der Waals surface area contributed by atoms with Crippen molar-refractivity contribution in [2.45, 2.75) is 6.61 Å². The Balaban J connectivity index is 2.11. The number of benzene rings is 2. The minimum absolute atomic E-state index is 0.0929. The molecule has 0 saturated carbocycles. The van der Waals surface area contributed by atoms with E-state index in [0.29, 0.717) is 12.4 Å². The molecule has 0 spiro atoms. The number of para-hydroxylation sites is 1. The molecule has 0 fully saturated rings. The molecule has 5 nitrogen and oxygen atoms in total. The number of rotatable bonds is 4. The summed E-state index contributed by atoms with van der Waals surface area (Å²) in [5.74, 6) is 0.708. The number of halogens is 1. The smallest absolute Gasteiger partial charge is 0.292 e. The third-order valence-electron chi connectivity index (χ3n) is 2.52. The van der Waals surface area contributed by atoms with Crippen molar-refractivity contribution in [1.29, 1.82) is 0 Å². The van der Waals surface area contributed by atoms with Gasteiger partial charge in [-0.15, -0.1) is 0 Å². The lowest BCUT2D eigenvalue weighted by molar-refractivity contribution is -0.383. The predicted molar refractivity (Wildman–Crippen MR) is 76.0 cm³/mol. The van der Waals surface area contributed by atoms with Crippen molar-refractivity contribution < 1.29 is 9.66 Å². The molecule has 6 heteroatoms. The fraction of sp³-hybridized carbons (Fsp3) is 0.0769. The molecule has 0 radical (unpaired) electrons. The first-order valence-electron chi connectivity index (χ1n) is 5.48. The number of nitrogens with two attached hydrogens (primary N) is 1. The van der Waals surface area contributed by atoms with E-state index in [1.807, 2.05) is 24.3 Å². The SMILES string of the molecule is Nc1cc(COc2ccccc2Br)ccc1[N+](=O)[O-]. The van der Waals surface area contributed by atoms with E-state index in [4.69, 9.17) is 10.5 Å². The van der Waals surface area contributed by atoms with Crippen LogP contribution in [0.3, 0.4) is 0 Å². The Bertz CT molecular complexity index is 617. The second-order valence-electron chi connectivity index (χ2n) is 3.87. The lowest BCUT2D eigenvalue weighted by Crippen LogP contribution is -2.00. The van der Waals surface area contributed by atoms with Crippen molar-refractivity contribution in [2.75, 3.05) is 5.73 Å². The lowest BCUT2D eigenvalue weighted by atomic mass is 10.2. The van der Waals surface area contributed by atoms with Crippen LogP contribution < -0.4 is 10.5 Å². The molecular weight excluding hydrogens is 312 g/mol. The first kappa shape index (κ1) is 13.4. The Hall–Kier alpha value is -2.08. The van der Waals surface area contributed by atoms with E-state index < -0.39 is 4.92 Å². The van der Waals surface area contributed by atoms with Gasteiger partial charge in [-0.3, -0.25) is 10.1 Å². The normalized spacial score (nSPS) is 10.2. The van der Waals surface area contributed by atoms with Crippen LogP contribution in [0.4, 0.5) is 11.4 Å². The first-order chi connectivity index (χ1) is 9.08. The van der Waals surface area contributed by atoms with Gasteiger partial charge in [0.2, 0.25) is 0 Å². The topological polar surface area (TPSA) is 78.4 Å². The second kappa shape index (κ2) is 5.71. The van der Waals surface area contributed by atoms with Crippen molar-refractivity contribution in [1.82, 2.24) is 0 Å². The standard InChI is InChI=1S/C13H11BrN2O3/c14-10-3-1-2-4-13(10)19-8-9-5-6-12(16(17)18)11(15)7-9/h1-7H,8,15H2. The van der Waals surface area contributed by atoms with Crippen molar-refractivity contribution in [3.05, 3.63) is 62.6 Å². The van der Waals surface area contributed by atoms with E-state index in [2.05, 4.69) is 15.9 Å². The maximum Gasteiger partial charge on any atom is 0.292 e. The van der Waals surface area contributed by atoms with Gasteiger partial charge in [-0.1, -0.05) is 12.1 Å². The van der Waals surface area contributed by atoms with Crippen LogP contribution in [0.15, 0.2) is 46.9 Å². The van der Waals surface area contributed by atoms with E-state index in [0.717, 1.165) is 10.0 Å². The van der Waals surface area contributed by atoms with Gasteiger partial charge in [-0.25, -0.2) is 0 Å². The summed E-state index contributed by atoms with van der Waals surface area (Å²) in [4.78, 5) is 10.1. The number of nitro groups is 1. The molecule has 0 atom stereocenters. The molecule has 0 heterocycles. The molecule has 2 aromatic carbocycles. The highest BCUT2D eigenvalue weighted by Crippen LogP contribution is 2.26. The molecule has 2 N–H and O–H groups in total. The molecule has 0 unspecified atom stereocenters. The van der Waals surface area contributed by atoms with Crippen LogP contribution in [0, 0.1) is 10.1 Å². The van der Waals surface area contributed by atoms with Gasteiger partial charge in [0.1, 0.15) is 18.0 Å². The second-order valence-corrected chi connectivity index (χ2v) is 4.72. The van der Waals surface area contributed by atoms with Crippen LogP contribution in [-0.2, 0) is 6.61 Å². The molecule has 2 aromatic rings. The van der Waals surface area contributed by atoms with Gasteiger partial charge in [0.25, 0.3) is 5.69 Å². The molecule has 2 rings (SSSR count). The molecule has 98 valence electrons. The molecule has 19 heavy (non-hydrogen) atoms. The molecule has 0 aliphatic rings. The highest BCUT2D eigenvalue weighted by atomic mass is 79.9. The Kier molecular flexibility index (Phi) is 4.01. The van der Waals surface area contributed by atoms with Crippen LogP contribution in [0.1, 0.15) is 5.56 Å². The summed E-state index contributed by atoms with van der Waals surface area (Å²) in [5, 5.41) is 10.6. The molecule has 0 amide bonds. The van der Waals surface area contributed by atoms with E-state index >= 15 is 0 Å². The Morgan fingerprint density at radius 1 is 1.26 bits per heavy atom. The van der Waals surface area contributed by atoms with E-state index in [-0.39, 0.29) is 11.4 Å². The first-order valence-corrected chi connectivity index (χ1v) is 6.27. The van der Waals surface area contributed by atoms with Gasteiger partial charge >= 0.3 is 0 Å². The number of ether oxygens (including phenoxy) is 1. The fourth-order valence-corrected chi connectivity index (χ4v) is 1.98. The number of nitro benzene ring substituents is 1. The average molecular weight is 323 g/mol. The molecule has 0 aliphatic carbocycles. The number of nitrogen functional groups attached to an aromatic ring is 1. The van der Waals surface area contributed by atoms with Crippen molar-refractivity contribution >= 4 is 27.3 Å². The third-order valence-corrected chi connectivity index (χ3v) is 3.17. The summed E-state index contributed by atoms with van der Waals surface area (Å²) in [6.07, 6.45) is 0. The summed E-state index contributed by atoms with van der Waals surface area (Å²) in [6.45, 7) is 0.296. The maximum atomic E-state index is 10.6. The zero-order valence-corrected chi connectivity index (χ0v) is 11.5. The van der Waals surface area contributed by atoms with Gasteiger partial charge in [0, 0.05) is 6.07 Å². The van der Waals surface area contributed by atoms with Gasteiger partial charge in [0.15, 0.2) is 0 Å². The van der Waals surface area contributed by atoms with Crippen LogP contribution in [0.25, 0.3) is 0 Å². The highest BCUT2D eigenvalue weighted by molar-refractivity contribution is 9.10. The zero-order chi connectivity index (χ0) is 13.8. The number of hydrogen-bond acceptors (Lipinski definition) is 4. The van der Waals surface area contributed by atoms with Gasteiger partial charge in [-0.2, -0.15) is 0 Å². The van der Waals surface area contributed by atoms with Crippen LogP contribution >= 0.6 is 15.9 Å². The maximum absolute atomic E-state index is 10.6. The van der Waals surface area contributed by atoms with E-state index in [1.54, 1.807) is 12.1 Å². The monoisotopic (exact) mass is 322 g/mol. The predicted octanol–water partition coefficient (Wildman–Crippen LogP) is 3.52. The van der Waals surface area contributed by atoms with Crippen molar-refractivity contribution in [3.63, 3.8) is 0 Å². The summed E-state index contributed by atoms with van der Waals surface area (Å²) < 4.78 is 6.46.